The van der Waals surface area contributed by atoms with Gasteiger partial charge in [0.25, 0.3) is 0 Å². The van der Waals surface area contributed by atoms with Gasteiger partial charge in [-0.1, -0.05) is 0 Å². The third-order valence-corrected chi connectivity index (χ3v) is 2.42. The molecule has 0 spiro atoms. The van der Waals surface area contributed by atoms with E-state index in [1.54, 1.807) is 30.1 Å². The van der Waals surface area contributed by atoms with Crippen LogP contribution in [-0.4, -0.2) is 66.7 Å². The lowest BCUT2D eigenvalue weighted by atomic mass is 10.5. The van der Waals surface area contributed by atoms with Crippen LogP contribution in [0.3, 0.4) is 0 Å². The first-order valence-corrected chi connectivity index (χ1v) is 5.54. The molecular weight excluding hydrogens is 218 g/mol. The molecule has 0 aliphatic rings. The summed E-state index contributed by atoms with van der Waals surface area (Å²) in [6.45, 7) is 1.42. The standard InChI is InChI=1S/C11H21N5O/c1-13(2)8-9-16(11(17)14(3)4)10-12-6-7-15(10)5/h6-7H,8-9H2,1-5H3. The number of urea groups is 1. The summed E-state index contributed by atoms with van der Waals surface area (Å²) < 4.78 is 1.84. The number of amides is 2. The van der Waals surface area contributed by atoms with Crippen molar-refractivity contribution >= 4 is 12.0 Å². The number of carbonyl (C=O) groups is 1. The van der Waals surface area contributed by atoms with Gasteiger partial charge in [0.05, 0.1) is 0 Å². The average Bonchev–Trinajstić information content (AvgIpc) is 2.64. The summed E-state index contributed by atoms with van der Waals surface area (Å²) in [5, 5.41) is 0. The third-order valence-electron chi connectivity index (χ3n) is 2.42. The summed E-state index contributed by atoms with van der Waals surface area (Å²) >= 11 is 0. The van der Waals surface area contributed by atoms with Gasteiger partial charge in [-0.15, -0.1) is 0 Å². The second-order valence-corrected chi connectivity index (χ2v) is 4.47. The molecule has 96 valence electrons. The van der Waals surface area contributed by atoms with Gasteiger partial charge in [0.2, 0.25) is 5.95 Å². The van der Waals surface area contributed by atoms with Gasteiger partial charge in [0, 0.05) is 46.6 Å². The van der Waals surface area contributed by atoms with E-state index in [0.29, 0.717) is 12.5 Å². The van der Waals surface area contributed by atoms with Crippen molar-refractivity contribution in [2.45, 2.75) is 0 Å². The monoisotopic (exact) mass is 239 g/mol. The Kier molecular flexibility index (Phi) is 4.51. The maximum atomic E-state index is 12.1. The fourth-order valence-corrected chi connectivity index (χ4v) is 1.44. The van der Waals surface area contributed by atoms with Crippen molar-refractivity contribution in [2.75, 3.05) is 46.2 Å². The summed E-state index contributed by atoms with van der Waals surface area (Å²) in [5.74, 6) is 0.672. The molecule has 0 fully saturated rings. The molecule has 0 saturated heterocycles. The first-order valence-electron chi connectivity index (χ1n) is 5.54. The number of likely N-dealkylation sites (N-methyl/N-ethyl adjacent to an activating group) is 1. The second-order valence-electron chi connectivity index (χ2n) is 4.47. The number of rotatable bonds is 4. The van der Waals surface area contributed by atoms with Gasteiger partial charge in [-0.3, -0.25) is 4.90 Å². The zero-order valence-electron chi connectivity index (χ0n) is 11.2. The molecule has 0 aliphatic heterocycles. The van der Waals surface area contributed by atoms with Crippen molar-refractivity contribution in [1.82, 2.24) is 19.4 Å². The largest absolute Gasteiger partial charge is 0.330 e. The molecule has 0 aliphatic carbocycles. The van der Waals surface area contributed by atoms with Crippen LogP contribution in [0.5, 0.6) is 0 Å². The fourth-order valence-electron chi connectivity index (χ4n) is 1.44. The van der Waals surface area contributed by atoms with Crippen LogP contribution < -0.4 is 4.90 Å². The highest BCUT2D eigenvalue weighted by Crippen LogP contribution is 2.11. The average molecular weight is 239 g/mol. The predicted octanol–water partition coefficient (Wildman–Crippen LogP) is 0.470. The van der Waals surface area contributed by atoms with Gasteiger partial charge in [-0.05, 0) is 14.1 Å². The van der Waals surface area contributed by atoms with Gasteiger partial charge in [-0.25, -0.2) is 9.78 Å². The van der Waals surface area contributed by atoms with E-state index in [1.807, 2.05) is 36.8 Å². The number of hydrogen-bond acceptors (Lipinski definition) is 3. The first-order chi connectivity index (χ1) is 7.93. The Bertz CT molecular complexity index is 372. The number of aryl methyl sites for hydroxylation is 1. The van der Waals surface area contributed by atoms with Gasteiger partial charge < -0.3 is 14.4 Å². The smallest absolute Gasteiger partial charge is 0.326 e. The van der Waals surface area contributed by atoms with Crippen molar-refractivity contribution in [3.8, 4) is 0 Å². The Labute approximate surface area is 102 Å². The Morgan fingerprint density at radius 2 is 1.94 bits per heavy atom. The van der Waals surface area contributed by atoms with Crippen molar-refractivity contribution in [3.63, 3.8) is 0 Å². The molecule has 17 heavy (non-hydrogen) atoms. The van der Waals surface area contributed by atoms with E-state index >= 15 is 0 Å². The number of nitrogens with zero attached hydrogens (tertiary/aromatic N) is 5. The molecule has 6 nitrogen and oxygen atoms in total. The minimum Gasteiger partial charge on any atom is -0.330 e. The topological polar surface area (TPSA) is 44.6 Å². The lowest BCUT2D eigenvalue weighted by Crippen LogP contribution is -2.43. The van der Waals surface area contributed by atoms with Crippen LogP contribution in [-0.2, 0) is 7.05 Å². The number of anilines is 1. The molecule has 1 heterocycles. The molecular formula is C11H21N5O. The zero-order chi connectivity index (χ0) is 13.0. The van der Waals surface area contributed by atoms with Crippen LogP contribution in [0.4, 0.5) is 10.7 Å². The molecule has 0 unspecified atom stereocenters. The maximum Gasteiger partial charge on any atom is 0.326 e. The SMILES string of the molecule is CN(C)CCN(C(=O)N(C)C)c1nccn1C. The lowest BCUT2D eigenvalue weighted by Gasteiger charge is -2.26. The van der Waals surface area contributed by atoms with Crippen molar-refractivity contribution in [1.29, 1.82) is 0 Å². The minimum absolute atomic E-state index is 0.0545. The van der Waals surface area contributed by atoms with Gasteiger partial charge >= 0.3 is 6.03 Å². The summed E-state index contributed by atoms with van der Waals surface area (Å²) in [4.78, 5) is 21.6. The minimum atomic E-state index is -0.0545. The number of aromatic nitrogens is 2. The zero-order valence-corrected chi connectivity index (χ0v) is 11.2. The van der Waals surface area contributed by atoms with E-state index in [1.165, 1.54) is 0 Å². The molecule has 0 N–H and O–H groups in total. The van der Waals surface area contributed by atoms with Crippen LogP contribution in [0.1, 0.15) is 0 Å². The molecule has 1 aromatic rings. The normalized spacial score (nSPS) is 10.7. The summed E-state index contributed by atoms with van der Waals surface area (Å²) in [6.07, 6.45) is 3.53. The third kappa shape index (κ3) is 3.45. The molecule has 1 aromatic heterocycles. The van der Waals surface area contributed by atoms with Crippen molar-refractivity contribution in [3.05, 3.63) is 12.4 Å². The lowest BCUT2D eigenvalue weighted by molar-refractivity contribution is 0.222. The number of carbonyl (C=O) groups excluding carboxylic acids is 1. The van der Waals surface area contributed by atoms with E-state index < -0.39 is 0 Å². The van der Waals surface area contributed by atoms with Crippen molar-refractivity contribution < 1.29 is 4.79 Å². The van der Waals surface area contributed by atoms with Gasteiger partial charge in [0.1, 0.15) is 0 Å². The van der Waals surface area contributed by atoms with E-state index in [2.05, 4.69) is 4.98 Å². The molecule has 0 aromatic carbocycles. The number of imidazole rings is 1. The maximum absolute atomic E-state index is 12.1. The van der Waals surface area contributed by atoms with Crippen LogP contribution in [0.2, 0.25) is 0 Å². The fraction of sp³-hybridized carbons (Fsp3) is 0.636. The van der Waals surface area contributed by atoms with E-state index in [4.69, 9.17) is 0 Å². The highest BCUT2D eigenvalue weighted by atomic mass is 16.2. The molecule has 0 bridgehead atoms. The van der Waals surface area contributed by atoms with E-state index in [0.717, 1.165) is 6.54 Å². The molecule has 1 rings (SSSR count). The summed E-state index contributed by atoms with van der Waals surface area (Å²) in [6, 6.07) is -0.0545. The van der Waals surface area contributed by atoms with Crippen LogP contribution in [0.25, 0.3) is 0 Å². The van der Waals surface area contributed by atoms with Gasteiger partial charge in [-0.2, -0.15) is 0 Å². The second kappa shape index (κ2) is 5.67. The summed E-state index contributed by atoms with van der Waals surface area (Å²) in [5.41, 5.74) is 0. The van der Waals surface area contributed by atoms with E-state index in [9.17, 15) is 4.79 Å². The number of hydrogen-bond donors (Lipinski definition) is 0. The molecule has 2 amide bonds. The Morgan fingerprint density at radius 3 is 2.35 bits per heavy atom. The Morgan fingerprint density at radius 1 is 1.29 bits per heavy atom. The highest BCUT2D eigenvalue weighted by Gasteiger charge is 2.20. The molecule has 0 atom stereocenters. The Hall–Kier alpha value is -1.56. The highest BCUT2D eigenvalue weighted by molar-refractivity contribution is 5.89. The van der Waals surface area contributed by atoms with Crippen LogP contribution in [0.15, 0.2) is 12.4 Å². The molecule has 0 radical (unpaired) electrons. The quantitative estimate of drug-likeness (QED) is 0.767. The first kappa shape index (κ1) is 13.5. The van der Waals surface area contributed by atoms with Crippen LogP contribution in [0, 0.1) is 0 Å². The van der Waals surface area contributed by atoms with E-state index in [-0.39, 0.29) is 6.03 Å². The predicted molar refractivity (Wildman–Crippen MR) is 68.2 cm³/mol. The molecule has 6 heteroatoms. The van der Waals surface area contributed by atoms with Crippen molar-refractivity contribution in [2.24, 2.45) is 7.05 Å². The summed E-state index contributed by atoms with van der Waals surface area (Å²) in [7, 11) is 9.34. The van der Waals surface area contributed by atoms with Crippen LogP contribution >= 0.6 is 0 Å². The Balaban J connectivity index is 2.87. The molecule has 0 saturated carbocycles. The van der Waals surface area contributed by atoms with Gasteiger partial charge in [0.15, 0.2) is 0 Å².